The number of nitrogens with zero attached hydrogens (tertiary/aromatic N) is 1. The first-order valence-corrected chi connectivity index (χ1v) is 6.94. The summed E-state index contributed by atoms with van der Waals surface area (Å²) in [6.07, 6.45) is 2.41. The van der Waals surface area contributed by atoms with E-state index in [1.807, 2.05) is 26.0 Å². The van der Waals surface area contributed by atoms with Crippen LogP contribution < -0.4 is 11.3 Å². The summed E-state index contributed by atoms with van der Waals surface area (Å²) >= 11 is 0. The number of carbonyl (C=O) groups is 1. The van der Waals surface area contributed by atoms with Crippen molar-refractivity contribution in [3.63, 3.8) is 0 Å². The van der Waals surface area contributed by atoms with Gasteiger partial charge in [0.1, 0.15) is 6.61 Å². The van der Waals surface area contributed by atoms with Crippen molar-refractivity contribution in [3.8, 4) is 0 Å². The predicted octanol–water partition coefficient (Wildman–Crippen LogP) is 2.20. The fourth-order valence-electron chi connectivity index (χ4n) is 2.33. The van der Waals surface area contributed by atoms with Crippen molar-refractivity contribution >= 4 is 18.2 Å². The lowest BCUT2D eigenvalue weighted by atomic mass is 9.86. The maximum absolute atomic E-state index is 11.7. The van der Waals surface area contributed by atoms with Crippen LogP contribution in [0.25, 0.3) is 5.57 Å². The normalized spacial score (nSPS) is 12.7. The third-order valence-corrected chi connectivity index (χ3v) is 3.40. The zero-order valence-corrected chi connectivity index (χ0v) is 12.8. The summed E-state index contributed by atoms with van der Waals surface area (Å²) in [6, 6.07) is 6.11. The Balaban J connectivity index is 3.33. The fraction of sp³-hybridized carbons (Fsp3) is 0.375. The van der Waals surface area contributed by atoms with E-state index in [0.717, 1.165) is 23.1 Å². The SMILES string of the molecule is C=NOC[C@H](C)/C(=C/C(=O)NN)c1c(C)cccc1CC. The minimum Gasteiger partial charge on any atom is -0.396 e. The molecule has 0 bridgehead atoms. The fourth-order valence-corrected chi connectivity index (χ4v) is 2.33. The van der Waals surface area contributed by atoms with Gasteiger partial charge in [0.05, 0.1) is 0 Å². The molecule has 0 radical (unpaired) electrons. The maximum Gasteiger partial charge on any atom is 0.258 e. The van der Waals surface area contributed by atoms with Crippen molar-refractivity contribution in [2.75, 3.05) is 6.61 Å². The minimum absolute atomic E-state index is 0.0146. The maximum atomic E-state index is 11.7. The standard InChI is InChI=1S/C16H23N3O2/c1-5-13-8-6-7-11(2)16(13)14(9-15(20)19-17)12(3)10-21-18-4/h6-9,12H,4-5,10,17H2,1-3H3,(H,19,20)/b14-9-/t12-/m0/s1. The highest BCUT2D eigenvalue weighted by atomic mass is 16.6. The van der Waals surface area contributed by atoms with Gasteiger partial charge in [-0.2, -0.15) is 0 Å². The van der Waals surface area contributed by atoms with Crippen LogP contribution in [0.3, 0.4) is 0 Å². The quantitative estimate of drug-likeness (QED) is 0.265. The Labute approximate surface area is 125 Å². The monoisotopic (exact) mass is 289 g/mol. The second-order valence-corrected chi connectivity index (χ2v) is 4.90. The molecule has 0 spiro atoms. The van der Waals surface area contributed by atoms with E-state index in [9.17, 15) is 4.79 Å². The van der Waals surface area contributed by atoms with Gasteiger partial charge >= 0.3 is 0 Å². The number of carbonyl (C=O) groups excluding carboxylic acids is 1. The highest BCUT2D eigenvalue weighted by Gasteiger charge is 2.18. The van der Waals surface area contributed by atoms with Gasteiger partial charge in [0.15, 0.2) is 0 Å². The summed E-state index contributed by atoms with van der Waals surface area (Å²) in [7, 11) is 0. The molecule has 0 heterocycles. The zero-order valence-electron chi connectivity index (χ0n) is 12.8. The average Bonchev–Trinajstić information content (AvgIpc) is 2.50. The highest BCUT2D eigenvalue weighted by molar-refractivity contribution is 5.96. The second kappa shape index (κ2) is 8.21. The number of aryl methyl sites for hydroxylation is 2. The number of hydrazine groups is 1. The molecule has 0 saturated heterocycles. The van der Waals surface area contributed by atoms with Crippen LogP contribution in [0.2, 0.25) is 0 Å². The third kappa shape index (κ3) is 4.43. The van der Waals surface area contributed by atoms with Gasteiger partial charge in [-0.1, -0.05) is 32.0 Å². The first-order chi connectivity index (χ1) is 10.0. The van der Waals surface area contributed by atoms with Crippen LogP contribution in [-0.2, 0) is 16.1 Å². The molecule has 0 aromatic heterocycles. The first-order valence-electron chi connectivity index (χ1n) is 6.94. The van der Waals surface area contributed by atoms with Crippen LogP contribution in [0, 0.1) is 12.8 Å². The Morgan fingerprint density at radius 1 is 1.57 bits per heavy atom. The van der Waals surface area contributed by atoms with Crippen molar-refractivity contribution in [3.05, 3.63) is 41.0 Å². The molecule has 0 unspecified atom stereocenters. The number of oxime groups is 1. The van der Waals surface area contributed by atoms with Gasteiger partial charge in [-0.3, -0.25) is 10.2 Å². The van der Waals surface area contributed by atoms with E-state index in [1.54, 1.807) is 0 Å². The molecule has 1 amide bonds. The molecule has 114 valence electrons. The van der Waals surface area contributed by atoms with Gasteiger partial charge in [-0.25, -0.2) is 5.84 Å². The van der Waals surface area contributed by atoms with Crippen molar-refractivity contribution in [2.24, 2.45) is 16.9 Å². The molecule has 0 saturated carbocycles. The molecule has 0 aliphatic rings. The molecule has 5 heteroatoms. The van der Waals surface area contributed by atoms with Crippen LogP contribution in [-0.4, -0.2) is 19.2 Å². The molecular weight excluding hydrogens is 266 g/mol. The molecule has 1 aromatic rings. The molecule has 0 fully saturated rings. The van der Waals surface area contributed by atoms with E-state index in [2.05, 4.69) is 30.3 Å². The van der Waals surface area contributed by atoms with E-state index >= 15 is 0 Å². The van der Waals surface area contributed by atoms with E-state index in [1.165, 1.54) is 11.6 Å². The lowest BCUT2D eigenvalue weighted by Crippen LogP contribution is -2.29. The second-order valence-electron chi connectivity index (χ2n) is 4.90. The molecular formula is C16H23N3O2. The molecule has 1 aromatic carbocycles. The Morgan fingerprint density at radius 3 is 2.86 bits per heavy atom. The summed E-state index contributed by atoms with van der Waals surface area (Å²) in [6.45, 7) is 9.75. The third-order valence-electron chi connectivity index (χ3n) is 3.40. The van der Waals surface area contributed by atoms with Crippen LogP contribution >= 0.6 is 0 Å². The summed E-state index contributed by atoms with van der Waals surface area (Å²) in [5.41, 5.74) is 6.40. The van der Waals surface area contributed by atoms with E-state index < -0.39 is 0 Å². The predicted molar refractivity (Wildman–Crippen MR) is 85.5 cm³/mol. The summed E-state index contributed by atoms with van der Waals surface area (Å²) in [5.74, 6) is 4.85. The van der Waals surface area contributed by atoms with Gasteiger partial charge in [0.25, 0.3) is 5.91 Å². The molecule has 0 aliphatic carbocycles. The zero-order chi connectivity index (χ0) is 15.8. The minimum atomic E-state index is -0.339. The van der Waals surface area contributed by atoms with Gasteiger partial charge in [0, 0.05) is 18.7 Å². The van der Waals surface area contributed by atoms with Crippen molar-refractivity contribution in [2.45, 2.75) is 27.2 Å². The van der Waals surface area contributed by atoms with Crippen LogP contribution in [0.4, 0.5) is 0 Å². The van der Waals surface area contributed by atoms with E-state index in [0.29, 0.717) is 6.61 Å². The number of nitrogens with one attached hydrogen (secondary N) is 1. The van der Waals surface area contributed by atoms with Crippen molar-refractivity contribution in [1.82, 2.24) is 5.43 Å². The highest BCUT2D eigenvalue weighted by Crippen LogP contribution is 2.30. The van der Waals surface area contributed by atoms with Crippen LogP contribution in [0.1, 0.15) is 30.5 Å². The van der Waals surface area contributed by atoms with E-state index in [4.69, 9.17) is 10.7 Å². The van der Waals surface area contributed by atoms with Crippen LogP contribution in [0.15, 0.2) is 29.4 Å². The average molecular weight is 289 g/mol. The smallest absolute Gasteiger partial charge is 0.258 e. The Bertz CT molecular complexity index is 538. The van der Waals surface area contributed by atoms with E-state index in [-0.39, 0.29) is 11.8 Å². The van der Waals surface area contributed by atoms with Crippen molar-refractivity contribution in [1.29, 1.82) is 0 Å². The number of hydrogen-bond acceptors (Lipinski definition) is 4. The molecule has 21 heavy (non-hydrogen) atoms. The number of nitrogens with two attached hydrogens (primary N) is 1. The molecule has 1 rings (SSSR count). The van der Waals surface area contributed by atoms with Crippen molar-refractivity contribution < 1.29 is 9.63 Å². The molecule has 3 N–H and O–H groups in total. The Hall–Kier alpha value is -2.14. The number of rotatable bonds is 7. The Morgan fingerprint density at radius 2 is 2.29 bits per heavy atom. The molecule has 0 aliphatic heterocycles. The van der Waals surface area contributed by atoms with Crippen LogP contribution in [0.5, 0.6) is 0 Å². The van der Waals surface area contributed by atoms with Gasteiger partial charge < -0.3 is 4.84 Å². The number of benzene rings is 1. The first kappa shape index (κ1) is 16.9. The van der Waals surface area contributed by atoms with Gasteiger partial charge in [-0.05, 0) is 35.6 Å². The lowest BCUT2D eigenvalue weighted by Gasteiger charge is -2.20. The number of hydrogen-bond donors (Lipinski definition) is 2. The summed E-state index contributed by atoms with van der Waals surface area (Å²) in [5, 5.41) is 3.41. The molecule has 5 nitrogen and oxygen atoms in total. The lowest BCUT2D eigenvalue weighted by molar-refractivity contribution is -0.116. The summed E-state index contributed by atoms with van der Waals surface area (Å²) in [4.78, 5) is 16.7. The largest absolute Gasteiger partial charge is 0.396 e. The van der Waals surface area contributed by atoms with Gasteiger partial charge in [0.2, 0.25) is 0 Å². The summed E-state index contributed by atoms with van der Waals surface area (Å²) < 4.78 is 0. The van der Waals surface area contributed by atoms with Gasteiger partial charge in [-0.15, -0.1) is 5.16 Å². The number of amides is 1. The Kier molecular flexibility index (Phi) is 6.62. The topological polar surface area (TPSA) is 76.7 Å². The molecule has 1 atom stereocenters.